The number of carbonyl (C=O) groups excluding carboxylic acids is 3. The normalized spacial score (nSPS) is 45.0. The molecule has 0 aromatic carbocycles. The van der Waals surface area contributed by atoms with Crippen LogP contribution in [0.5, 0.6) is 0 Å². The molecule has 4 aliphatic carbocycles. The van der Waals surface area contributed by atoms with E-state index in [1.165, 1.54) is 0 Å². The van der Waals surface area contributed by atoms with Gasteiger partial charge in [-0.05, 0) is 61.7 Å². The second-order valence-electron chi connectivity index (χ2n) is 11.6. The molecule has 1 saturated heterocycles. The molecule has 180 valence electrons. The van der Waals surface area contributed by atoms with Gasteiger partial charge in [0.05, 0.1) is 12.0 Å². The smallest absolute Gasteiger partial charge is 0.328 e. The van der Waals surface area contributed by atoms with Crippen molar-refractivity contribution in [2.24, 2.45) is 45.8 Å². The minimum Gasteiger partial charge on any atom is -0.481 e. The molecule has 5 aliphatic rings. The standard InChI is InChI=1S/C26H35NO6/c1-14(2)19-10-16-11-25(13-28)18-5-4-15(3)17(18)12-24(16,26(19,25)23(31)32)8-9-33-22(30)20-6-7-21(29)27-20/h10,13-18,20H,4-9,11-12H2,1-3H3,(H,27,29)(H,31,32)/t15-,16?,17?,18?,20+,24?,25?,26?/m1/s1. The lowest BCUT2D eigenvalue weighted by atomic mass is 9.42. The molecule has 2 N–H and O–H groups in total. The van der Waals surface area contributed by atoms with E-state index in [2.05, 4.69) is 18.3 Å². The Hall–Kier alpha value is -2.18. The fourth-order valence-corrected chi connectivity index (χ4v) is 9.06. The Bertz CT molecular complexity index is 941. The monoisotopic (exact) mass is 457 g/mol. The Kier molecular flexibility index (Phi) is 5.07. The van der Waals surface area contributed by atoms with Crippen molar-refractivity contribution < 1.29 is 29.0 Å². The Morgan fingerprint density at radius 1 is 1.27 bits per heavy atom. The van der Waals surface area contributed by atoms with E-state index in [4.69, 9.17) is 4.74 Å². The molecule has 0 aromatic rings. The zero-order valence-corrected chi connectivity index (χ0v) is 19.8. The van der Waals surface area contributed by atoms with Crippen LogP contribution in [0, 0.1) is 45.8 Å². The van der Waals surface area contributed by atoms with Gasteiger partial charge in [0.1, 0.15) is 17.7 Å². The number of amides is 1. The van der Waals surface area contributed by atoms with Crippen molar-refractivity contribution in [2.45, 2.75) is 71.8 Å². The highest BCUT2D eigenvalue weighted by Gasteiger charge is 2.83. The van der Waals surface area contributed by atoms with Crippen LogP contribution >= 0.6 is 0 Å². The number of ether oxygens (including phenoxy) is 1. The number of hydrogen-bond acceptors (Lipinski definition) is 5. The lowest BCUT2D eigenvalue weighted by Gasteiger charge is -2.58. The first kappa shape index (κ1) is 22.6. The molecule has 3 saturated carbocycles. The van der Waals surface area contributed by atoms with Crippen molar-refractivity contribution in [3.05, 3.63) is 11.6 Å². The second kappa shape index (κ2) is 7.41. The number of hydrogen-bond donors (Lipinski definition) is 2. The van der Waals surface area contributed by atoms with Crippen molar-refractivity contribution in [3.8, 4) is 0 Å². The summed E-state index contributed by atoms with van der Waals surface area (Å²) in [6, 6.07) is -0.618. The van der Waals surface area contributed by atoms with Gasteiger partial charge in [0, 0.05) is 11.8 Å². The maximum Gasteiger partial charge on any atom is 0.328 e. The largest absolute Gasteiger partial charge is 0.481 e. The van der Waals surface area contributed by atoms with E-state index >= 15 is 0 Å². The topological polar surface area (TPSA) is 110 Å². The molecule has 33 heavy (non-hydrogen) atoms. The van der Waals surface area contributed by atoms with E-state index < -0.39 is 34.2 Å². The number of esters is 1. The number of carboxylic acid groups (broad SMARTS) is 1. The summed E-state index contributed by atoms with van der Waals surface area (Å²) in [6.07, 6.45) is 7.62. The van der Waals surface area contributed by atoms with Crippen LogP contribution in [0.1, 0.15) is 65.7 Å². The number of fused-ring (bicyclic) bond motifs is 2. The predicted molar refractivity (Wildman–Crippen MR) is 119 cm³/mol. The van der Waals surface area contributed by atoms with Gasteiger partial charge in [-0.1, -0.05) is 38.8 Å². The molecule has 4 bridgehead atoms. The highest BCUT2D eigenvalue weighted by molar-refractivity contribution is 5.90. The lowest BCUT2D eigenvalue weighted by Crippen LogP contribution is -2.62. The maximum atomic E-state index is 13.3. The van der Waals surface area contributed by atoms with Crippen molar-refractivity contribution in [1.82, 2.24) is 5.32 Å². The van der Waals surface area contributed by atoms with Crippen molar-refractivity contribution in [2.75, 3.05) is 6.61 Å². The Labute approximate surface area is 194 Å². The summed E-state index contributed by atoms with van der Waals surface area (Å²) in [4.78, 5) is 50.3. The number of aliphatic carboxylic acids is 1. The average molecular weight is 458 g/mol. The molecule has 1 amide bonds. The Morgan fingerprint density at radius 2 is 2.03 bits per heavy atom. The van der Waals surface area contributed by atoms with Gasteiger partial charge in [-0.3, -0.25) is 9.59 Å². The molecule has 0 spiro atoms. The van der Waals surface area contributed by atoms with Crippen LogP contribution in [-0.4, -0.2) is 41.9 Å². The van der Waals surface area contributed by atoms with Gasteiger partial charge >= 0.3 is 11.9 Å². The van der Waals surface area contributed by atoms with Crippen LogP contribution in [0.4, 0.5) is 0 Å². The van der Waals surface area contributed by atoms with E-state index in [0.29, 0.717) is 37.5 Å². The molecular weight excluding hydrogens is 422 g/mol. The van der Waals surface area contributed by atoms with Gasteiger partial charge in [-0.2, -0.15) is 0 Å². The predicted octanol–water partition coefficient (Wildman–Crippen LogP) is 3.12. The summed E-state index contributed by atoms with van der Waals surface area (Å²) in [5.41, 5.74) is -1.86. The highest BCUT2D eigenvalue weighted by Crippen LogP contribution is 2.83. The molecule has 8 atom stereocenters. The van der Waals surface area contributed by atoms with Crippen LogP contribution in [0.3, 0.4) is 0 Å². The van der Waals surface area contributed by atoms with E-state index in [9.17, 15) is 24.3 Å². The molecule has 0 radical (unpaired) electrons. The summed E-state index contributed by atoms with van der Waals surface area (Å²) < 4.78 is 5.61. The maximum absolute atomic E-state index is 13.3. The highest BCUT2D eigenvalue weighted by atomic mass is 16.5. The van der Waals surface area contributed by atoms with Gasteiger partial charge in [-0.25, -0.2) is 4.79 Å². The van der Waals surface area contributed by atoms with Crippen molar-refractivity contribution in [3.63, 3.8) is 0 Å². The third kappa shape index (κ3) is 2.62. The number of allylic oxidation sites excluding steroid dienone is 1. The molecule has 7 nitrogen and oxygen atoms in total. The summed E-state index contributed by atoms with van der Waals surface area (Å²) in [6.45, 7) is 6.39. The summed E-state index contributed by atoms with van der Waals surface area (Å²) in [5, 5.41) is 13.6. The Balaban J connectivity index is 1.52. The summed E-state index contributed by atoms with van der Waals surface area (Å²) in [5.74, 6) is -0.596. The lowest BCUT2D eigenvalue weighted by molar-refractivity contribution is -0.182. The molecule has 7 heteroatoms. The van der Waals surface area contributed by atoms with Crippen molar-refractivity contribution in [1.29, 1.82) is 0 Å². The number of nitrogens with one attached hydrogen (secondary N) is 1. The van der Waals surface area contributed by atoms with Gasteiger partial charge in [0.15, 0.2) is 0 Å². The van der Waals surface area contributed by atoms with Crippen LogP contribution < -0.4 is 5.32 Å². The van der Waals surface area contributed by atoms with E-state index in [1.54, 1.807) is 0 Å². The van der Waals surface area contributed by atoms with E-state index in [-0.39, 0.29) is 30.3 Å². The van der Waals surface area contributed by atoms with Gasteiger partial charge < -0.3 is 20.0 Å². The molecular formula is C26H35NO6. The SMILES string of the molecule is CC(C)C1=CC2CC3(C=O)C4CC[C@@H](C)C4CC2(CCOC(=O)[C@@H]2CCC(=O)N2)C13C(=O)O. The Morgan fingerprint density at radius 3 is 2.64 bits per heavy atom. The summed E-state index contributed by atoms with van der Waals surface area (Å²) in [7, 11) is 0. The van der Waals surface area contributed by atoms with Gasteiger partial charge in [0.2, 0.25) is 5.91 Å². The minimum atomic E-state index is -1.24. The fraction of sp³-hybridized carbons (Fsp3) is 0.769. The average Bonchev–Trinajstić information content (AvgIpc) is 3.48. The first-order valence-corrected chi connectivity index (χ1v) is 12.5. The van der Waals surface area contributed by atoms with Crippen LogP contribution in [0.25, 0.3) is 0 Å². The third-order valence-corrected chi connectivity index (χ3v) is 10.2. The molecule has 1 heterocycles. The van der Waals surface area contributed by atoms with Crippen molar-refractivity contribution >= 4 is 24.1 Å². The zero-order valence-electron chi connectivity index (χ0n) is 19.8. The first-order chi connectivity index (χ1) is 15.6. The van der Waals surface area contributed by atoms with Crippen LogP contribution in [0.2, 0.25) is 0 Å². The third-order valence-electron chi connectivity index (χ3n) is 10.2. The molecule has 4 fully saturated rings. The molecule has 5 rings (SSSR count). The zero-order chi connectivity index (χ0) is 23.8. The molecule has 0 aromatic heterocycles. The first-order valence-electron chi connectivity index (χ1n) is 12.5. The van der Waals surface area contributed by atoms with Crippen LogP contribution in [-0.2, 0) is 23.9 Å². The van der Waals surface area contributed by atoms with Gasteiger partial charge in [-0.15, -0.1) is 0 Å². The number of carbonyl (C=O) groups is 4. The number of aldehydes is 1. The van der Waals surface area contributed by atoms with Gasteiger partial charge in [0.25, 0.3) is 0 Å². The quantitative estimate of drug-likeness (QED) is 0.345. The number of carboxylic acids is 1. The van der Waals surface area contributed by atoms with E-state index in [0.717, 1.165) is 31.1 Å². The molecule has 6 unspecified atom stereocenters. The minimum absolute atomic E-state index is 0.00103. The second-order valence-corrected chi connectivity index (χ2v) is 11.6. The molecule has 1 aliphatic heterocycles. The number of rotatable bonds is 7. The van der Waals surface area contributed by atoms with Crippen LogP contribution in [0.15, 0.2) is 11.6 Å². The fourth-order valence-electron chi connectivity index (χ4n) is 9.06. The summed E-state index contributed by atoms with van der Waals surface area (Å²) >= 11 is 0. The van der Waals surface area contributed by atoms with E-state index in [1.807, 2.05) is 13.8 Å².